The predicted molar refractivity (Wildman–Crippen MR) is 128 cm³/mol. The SMILES string of the molecule is Cc1c(NC(=O)CCSCCCOc2ccc(Cl)cc2)c(=O)n(-c2ccccc2)n1C. The van der Waals surface area contributed by atoms with E-state index in [1.165, 1.54) is 0 Å². The standard InChI is InChI=1S/C23H26ClN3O3S/c1-17-22(23(29)27(26(17)2)19-7-4-3-5-8-19)25-21(28)13-16-31-15-6-14-30-20-11-9-18(24)10-12-20/h3-5,7-12H,6,13-16H2,1-2H3,(H,25,28). The summed E-state index contributed by atoms with van der Waals surface area (Å²) in [4.78, 5) is 25.2. The number of amides is 1. The zero-order valence-corrected chi connectivity index (χ0v) is 19.2. The van der Waals surface area contributed by atoms with Crippen LogP contribution in [0.1, 0.15) is 18.5 Å². The molecule has 0 aliphatic rings. The van der Waals surface area contributed by atoms with E-state index in [1.54, 1.807) is 40.3 Å². The van der Waals surface area contributed by atoms with Crippen molar-refractivity contribution < 1.29 is 9.53 Å². The van der Waals surface area contributed by atoms with Gasteiger partial charge in [-0.25, -0.2) is 4.68 Å². The van der Waals surface area contributed by atoms with Gasteiger partial charge in [0, 0.05) is 24.2 Å². The van der Waals surface area contributed by atoms with Crippen molar-refractivity contribution in [2.75, 3.05) is 23.4 Å². The van der Waals surface area contributed by atoms with Gasteiger partial charge in [0.05, 0.1) is 18.0 Å². The summed E-state index contributed by atoms with van der Waals surface area (Å²) in [6, 6.07) is 16.7. The van der Waals surface area contributed by atoms with Gasteiger partial charge in [-0.15, -0.1) is 0 Å². The predicted octanol–water partition coefficient (Wildman–Crippen LogP) is 4.67. The molecule has 0 saturated carbocycles. The molecule has 0 unspecified atom stereocenters. The van der Waals surface area contributed by atoms with Crippen LogP contribution in [-0.4, -0.2) is 33.4 Å². The number of carbonyl (C=O) groups excluding carboxylic acids is 1. The molecule has 1 amide bonds. The summed E-state index contributed by atoms with van der Waals surface area (Å²) in [5, 5.41) is 3.48. The van der Waals surface area contributed by atoms with E-state index in [4.69, 9.17) is 16.3 Å². The largest absolute Gasteiger partial charge is 0.494 e. The monoisotopic (exact) mass is 459 g/mol. The van der Waals surface area contributed by atoms with Crippen LogP contribution in [0.4, 0.5) is 5.69 Å². The minimum atomic E-state index is -0.230. The van der Waals surface area contributed by atoms with Crippen LogP contribution >= 0.6 is 23.4 Å². The number of rotatable bonds is 10. The molecule has 31 heavy (non-hydrogen) atoms. The number of para-hydroxylation sites is 1. The lowest BCUT2D eigenvalue weighted by molar-refractivity contribution is -0.115. The van der Waals surface area contributed by atoms with E-state index in [9.17, 15) is 9.59 Å². The summed E-state index contributed by atoms with van der Waals surface area (Å²) in [6.07, 6.45) is 1.23. The number of halogens is 1. The molecule has 1 aromatic heterocycles. The molecule has 0 aliphatic heterocycles. The minimum Gasteiger partial charge on any atom is -0.494 e. The molecule has 8 heteroatoms. The highest BCUT2D eigenvalue weighted by atomic mass is 35.5. The molecule has 0 aliphatic carbocycles. The number of hydrogen-bond donors (Lipinski definition) is 1. The summed E-state index contributed by atoms with van der Waals surface area (Å²) >= 11 is 7.54. The molecule has 2 aromatic carbocycles. The molecule has 0 atom stereocenters. The van der Waals surface area contributed by atoms with Crippen LogP contribution in [-0.2, 0) is 11.8 Å². The van der Waals surface area contributed by atoms with E-state index in [0.717, 1.165) is 23.6 Å². The highest BCUT2D eigenvalue weighted by molar-refractivity contribution is 7.99. The van der Waals surface area contributed by atoms with Crippen molar-refractivity contribution in [3.63, 3.8) is 0 Å². The topological polar surface area (TPSA) is 65.3 Å². The normalized spacial score (nSPS) is 10.8. The second kappa shape index (κ2) is 11.1. The highest BCUT2D eigenvalue weighted by Gasteiger charge is 2.17. The first-order chi connectivity index (χ1) is 15.0. The third kappa shape index (κ3) is 6.18. The van der Waals surface area contributed by atoms with Crippen LogP contribution in [0.5, 0.6) is 5.75 Å². The maximum Gasteiger partial charge on any atom is 0.295 e. The number of nitrogens with one attached hydrogen (secondary N) is 1. The van der Waals surface area contributed by atoms with Crippen molar-refractivity contribution >= 4 is 35.0 Å². The molecular formula is C23H26ClN3O3S. The molecule has 1 heterocycles. The molecule has 0 radical (unpaired) electrons. The van der Waals surface area contributed by atoms with Crippen molar-refractivity contribution in [3.8, 4) is 11.4 Å². The number of aromatic nitrogens is 2. The van der Waals surface area contributed by atoms with E-state index in [0.29, 0.717) is 35.2 Å². The Morgan fingerprint density at radius 1 is 1.10 bits per heavy atom. The van der Waals surface area contributed by atoms with Crippen LogP contribution in [0.15, 0.2) is 59.4 Å². The fraction of sp³-hybridized carbons (Fsp3) is 0.304. The second-order valence-corrected chi connectivity index (χ2v) is 8.66. The van der Waals surface area contributed by atoms with Crippen molar-refractivity contribution in [2.45, 2.75) is 19.8 Å². The van der Waals surface area contributed by atoms with E-state index in [2.05, 4.69) is 5.32 Å². The lowest BCUT2D eigenvalue weighted by Gasteiger charge is -2.07. The Morgan fingerprint density at radius 2 is 1.81 bits per heavy atom. The zero-order chi connectivity index (χ0) is 22.2. The molecule has 3 rings (SSSR count). The summed E-state index contributed by atoms with van der Waals surface area (Å²) in [5.74, 6) is 2.22. The maximum atomic E-state index is 12.8. The van der Waals surface area contributed by atoms with Gasteiger partial charge in [0.1, 0.15) is 11.4 Å². The van der Waals surface area contributed by atoms with Gasteiger partial charge >= 0.3 is 0 Å². The van der Waals surface area contributed by atoms with Crippen LogP contribution in [0.3, 0.4) is 0 Å². The Morgan fingerprint density at radius 3 is 2.52 bits per heavy atom. The first-order valence-corrected chi connectivity index (χ1v) is 11.6. The van der Waals surface area contributed by atoms with Crippen LogP contribution in [0.25, 0.3) is 5.69 Å². The van der Waals surface area contributed by atoms with Crippen molar-refractivity contribution in [2.24, 2.45) is 7.05 Å². The van der Waals surface area contributed by atoms with Gasteiger partial charge in [0.25, 0.3) is 5.56 Å². The van der Waals surface area contributed by atoms with Crippen LogP contribution in [0.2, 0.25) is 5.02 Å². The number of nitrogens with zero attached hydrogens (tertiary/aromatic N) is 2. The van der Waals surface area contributed by atoms with Gasteiger partial charge in [-0.05, 0) is 55.5 Å². The fourth-order valence-corrected chi connectivity index (χ4v) is 4.04. The van der Waals surface area contributed by atoms with Crippen molar-refractivity contribution in [1.82, 2.24) is 9.36 Å². The van der Waals surface area contributed by atoms with Gasteiger partial charge < -0.3 is 10.1 Å². The fourth-order valence-electron chi connectivity index (χ4n) is 3.06. The first-order valence-electron chi connectivity index (χ1n) is 10.1. The first kappa shape index (κ1) is 23.0. The zero-order valence-electron chi connectivity index (χ0n) is 17.6. The van der Waals surface area contributed by atoms with E-state index in [1.807, 2.05) is 49.4 Å². The minimum absolute atomic E-state index is 0.157. The Bertz CT molecular complexity index is 1060. The molecular weight excluding hydrogens is 434 g/mol. The number of anilines is 1. The third-order valence-electron chi connectivity index (χ3n) is 4.81. The quantitative estimate of drug-likeness (QED) is 0.447. The van der Waals surface area contributed by atoms with E-state index in [-0.39, 0.29) is 11.5 Å². The van der Waals surface area contributed by atoms with Crippen LogP contribution in [0, 0.1) is 6.92 Å². The molecule has 0 spiro atoms. The maximum absolute atomic E-state index is 12.8. The lowest BCUT2D eigenvalue weighted by Crippen LogP contribution is -2.23. The highest BCUT2D eigenvalue weighted by Crippen LogP contribution is 2.17. The van der Waals surface area contributed by atoms with Gasteiger partial charge in [0.2, 0.25) is 5.91 Å². The number of carbonyl (C=O) groups is 1. The third-order valence-corrected chi connectivity index (χ3v) is 6.13. The number of ether oxygens (including phenoxy) is 1. The molecule has 0 fully saturated rings. The van der Waals surface area contributed by atoms with Crippen molar-refractivity contribution in [3.05, 3.63) is 75.7 Å². The van der Waals surface area contributed by atoms with Crippen molar-refractivity contribution in [1.29, 1.82) is 0 Å². The summed E-state index contributed by atoms with van der Waals surface area (Å²) < 4.78 is 8.96. The van der Waals surface area contributed by atoms with E-state index < -0.39 is 0 Å². The molecule has 164 valence electrons. The summed E-state index contributed by atoms with van der Waals surface area (Å²) in [5.41, 5.74) is 1.58. The average Bonchev–Trinajstić information content (AvgIpc) is 2.98. The van der Waals surface area contributed by atoms with Gasteiger partial charge in [0.15, 0.2) is 0 Å². The Hall–Kier alpha value is -2.64. The Kier molecular flexibility index (Phi) is 8.26. The summed E-state index contributed by atoms with van der Waals surface area (Å²) in [6.45, 7) is 2.44. The number of thioether (sulfide) groups is 1. The van der Waals surface area contributed by atoms with Gasteiger partial charge in [-0.2, -0.15) is 11.8 Å². The number of hydrogen-bond acceptors (Lipinski definition) is 4. The number of benzene rings is 2. The smallest absolute Gasteiger partial charge is 0.295 e. The van der Waals surface area contributed by atoms with Gasteiger partial charge in [-0.1, -0.05) is 29.8 Å². The summed E-state index contributed by atoms with van der Waals surface area (Å²) in [7, 11) is 1.81. The average molecular weight is 460 g/mol. The lowest BCUT2D eigenvalue weighted by atomic mass is 10.3. The molecule has 0 saturated heterocycles. The molecule has 6 nitrogen and oxygen atoms in total. The van der Waals surface area contributed by atoms with Crippen LogP contribution < -0.4 is 15.6 Å². The molecule has 1 N–H and O–H groups in total. The second-order valence-electron chi connectivity index (χ2n) is 7.00. The molecule has 3 aromatic rings. The Balaban J connectivity index is 1.42. The van der Waals surface area contributed by atoms with Gasteiger partial charge in [-0.3, -0.25) is 14.3 Å². The Labute approximate surface area is 191 Å². The van der Waals surface area contributed by atoms with E-state index >= 15 is 0 Å². The molecule has 0 bridgehead atoms.